The molecule has 2 heterocycles. The summed E-state index contributed by atoms with van der Waals surface area (Å²) in [6.07, 6.45) is 42.7. The van der Waals surface area contributed by atoms with Crippen molar-refractivity contribution < 1.29 is 4.74 Å². The van der Waals surface area contributed by atoms with Gasteiger partial charge in [-0.05, 0) is 142 Å². The third kappa shape index (κ3) is 6.45. The first-order valence-electron chi connectivity index (χ1n) is 23.2. The topological polar surface area (TPSA) is 45.3 Å². The monoisotopic (exact) mass is 674 g/mol. The summed E-state index contributed by atoms with van der Waals surface area (Å²) in [4.78, 5) is 0. The van der Waals surface area contributed by atoms with Gasteiger partial charge in [-0.15, -0.1) is 0 Å². The Morgan fingerprint density at radius 3 is 1.39 bits per heavy atom. The molecule has 8 saturated carbocycles. The maximum atomic E-state index is 7.64. The fourth-order valence-corrected chi connectivity index (χ4v) is 16.2. The predicted molar refractivity (Wildman–Crippen MR) is 199 cm³/mol. The highest BCUT2D eigenvalue weighted by Crippen LogP contribution is 2.59. The zero-order valence-corrected chi connectivity index (χ0v) is 31.4. The van der Waals surface area contributed by atoms with Gasteiger partial charge >= 0.3 is 0 Å². The molecule has 8 aliphatic carbocycles. The van der Waals surface area contributed by atoms with Crippen molar-refractivity contribution >= 4 is 0 Å². The lowest BCUT2D eigenvalue weighted by Crippen LogP contribution is -2.73. The lowest BCUT2D eigenvalue weighted by atomic mass is 9.54. The SMILES string of the molecule is C1CCC(C2CC3C4CCCC(C5NC(C6CCC7CCCCC7C6)NC(C6CCC7CCCCC7C6)N5)C4OC3C3CCCCC23)CC1. The molecule has 2 saturated heterocycles. The summed E-state index contributed by atoms with van der Waals surface area (Å²) in [5, 5.41) is 13.2. The Bertz CT molecular complexity index is 1060. The van der Waals surface area contributed by atoms with Crippen LogP contribution in [-0.2, 0) is 4.74 Å². The van der Waals surface area contributed by atoms with Gasteiger partial charge in [0.25, 0.3) is 0 Å². The molecule has 276 valence electrons. The van der Waals surface area contributed by atoms with Gasteiger partial charge in [0.1, 0.15) is 0 Å². The van der Waals surface area contributed by atoms with E-state index in [9.17, 15) is 0 Å². The van der Waals surface area contributed by atoms with Gasteiger partial charge in [0.05, 0.1) is 30.7 Å². The second-order valence-corrected chi connectivity index (χ2v) is 20.6. The van der Waals surface area contributed by atoms with Gasteiger partial charge < -0.3 is 4.74 Å². The van der Waals surface area contributed by atoms with E-state index in [1.54, 1.807) is 12.8 Å². The van der Waals surface area contributed by atoms with Gasteiger partial charge in [-0.1, -0.05) is 103 Å². The number of rotatable bonds is 4. The molecule has 10 rings (SSSR count). The van der Waals surface area contributed by atoms with Crippen molar-refractivity contribution in [1.82, 2.24) is 16.0 Å². The van der Waals surface area contributed by atoms with Crippen molar-refractivity contribution in [2.45, 2.75) is 204 Å². The molecule has 0 radical (unpaired) electrons. The second-order valence-electron chi connectivity index (χ2n) is 20.6. The Morgan fingerprint density at radius 1 is 0.265 bits per heavy atom. The average molecular weight is 674 g/mol. The first kappa shape index (κ1) is 33.4. The summed E-state index contributed by atoms with van der Waals surface area (Å²) < 4.78 is 7.64. The van der Waals surface area contributed by atoms with Crippen molar-refractivity contribution in [3.8, 4) is 0 Å². The Hall–Kier alpha value is -0.160. The van der Waals surface area contributed by atoms with E-state index in [0.717, 1.165) is 71.0 Å². The molecule has 16 unspecified atom stereocenters. The maximum absolute atomic E-state index is 7.64. The van der Waals surface area contributed by atoms with Crippen LogP contribution in [0.25, 0.3) is 0 Å². The zero-order valence-electron chi connectivity index (χ0n) is 31.4. The first-order chi connectivity index (χ1) is 24.3. The van der Waals surface area contributed by atoms with Crippen molar-refractivity contribution in [2.24, 2.45) is 76.9 Å². The van der Waals surface area contributed by atoms with Gasteiger partial charge in [-0.25, -0.2) is 0 Å². The summed E-state index contributed by atoms with van der Waals surface area (Å²) in [5.41, 5.74) is 0. The molecule has 0 amide bonds. The standard InChI is InChI=1S/C45H75N3O/c1-2-13-30(14-3-1)39-27-40-37-19-10-20-38(41(37)49-42(40)36-18-9-8-17-35(36)39)45-47-43(33-23-21-28-11-4-6-15-31(28)25-33)46-44(48-45)34-24-22-29-12-5-7-16-32(29)26-34/h28-48H,1-27H2. The van der Waals surface area contributed by atoms with Gasteiger partial charge in [-0.3, -0.25) is 16.0 Å². The van der Waals surface area contributed by atoms with E-state index in [1.165, 1.54) is 161 Å². The molecule has 2 aliphatic heterocycles. The minimum atomic E-state index is 0.425. The van der Waals surface area contributed by atoms with E-state index in [1.807, 2.05) is 0 Å². The third-order valence-electron chi connectivity index (χ3n) is 18.5. The van der Waals surface area contributed by atoms with E-state index >= 15 is 0 Å². The quantitative estimate of drug-likeness (QED) is 0.278. The van der Waals surface area contributed by atoms with E-state index in [0.29, 0.717) is 36.6 Å². The minimum Gasteiger partial charge on any atom is -0.374 e. The van der Waals surface area contributed by atoms with Gasteiger partial charge in [0, 0.05) is 5.92 Å². The van der Waals surface area contributed by atoms with Crippen LogP contribution < -0.4 is 16.0 Å². The van der Waals surface area contributed by atoms with Gasteiger partial charge in [-0.2, -0.15) is 0 Å². The van der Waals surface area contributed by atoms with Crippen LogP contribution in [0.1, 0.15) is 173 Å². The summed E-state index contributed by atoms with van der Waals surface area (Å²) in [6, 6.07) is 0. The molecule has 0 aromatic carbocycles. The molecule has 10 fully saturated rings. The van der Waals surface area contributed by atoms with E-state index in [2.05, 4.69) is 16.0 Å². The number of nitrogens with one attached hydrogen (secondary N) is 3. The number of hydrogen-bond acceptors (Lipinski definition) is 4. The smallest absolute Gasteiger partial charge is 0.0666 e. The Labute approximate surface area is 301 Å². The highest BCUT2D eigenvalue weighted by Gasteiger charge is 2.59. The van der Waals surface area contributed by atoms with Crippen LogP contribution in [-0.4, -0.2) is 30.7 Å². The van der Waals surface area contributed by atoms with Crippen LogP contribution in [0.15, 0.2) is 0 Å². The van der Waals surface area contributed by atoms with Crippen LogP contribution in [0.5, 0.6) is 0 Å². The van der Waals surface area contributed by atoms with Crippen LogP contribution >= 0.6 is 0 Å². The molecule has 4 nitrogen and oxygen atoms in total. The Morgan fingerprint density at radius 2 is 0.714 bits per heavy atom. The maximum Gasteiger partial charge on any atom is 0.0666 e. The molecule has 0 aromatic heterocycles. The predicted octanol–water partition coefficient (Wildman–Crippen LogP) is 10.2. The highest BCUT2D eigenvalue weighted by atomic mass is 16.5. The summed E-state index contributed by atoms with van der Waals surface area (Å²) in [7, 11) is 0. The zero-order chi connectivity index (χ0) is 32.3. The fraction of sp³-hybridized carbons (Fsp3) is 1.00. The van der Waals surface area contributed by atoms with E-state index < -0.39 is 0 Å². The van der Waals surface area contributed by atoms with Crippen LogP contribution in [0, 0.1) is 76.9 Å². The minimum absolute atomic E-state index is 0.425. The molecule has 3 N–H and O–H groups in total. The molecular weight excluding hydrogens is 599 g/mol. The normalized spacial score (nSPS) is 53.8. The van der Waals surface area contributed by atoms with E-state index in [-0.39, 0.29) is 0 Å². The second kappa shape index (κ2) is 14.6. The van der Waals surface area contributed by atoms with Crippen molar-refractivity contribution in [3.05, 3.63) is 0 Å². The van der Waals surface area contributed by atoms with Gasteiger partial charge in [0.15, 0.2) is 0 Å². The molecule has 16 atom stereocenters. The summed E-state index contributed by atoms with van der Waals surface area (Å²) >= 11 is 0. The fourth-order valence-electron chi connectivity index (χ4n) is 16.2. The van der Waals surface area contributed by atoms with Crippen LogP contribution in [0.2, 0.25) is 0 Å². The Balaban J connectivity index is 0.899. The van der Waals surface area contributed by atoms with Crippen LogP contribution in [0.3, 0.4) is 0 Å². The molecule has 0 bridgehead atoms. The summed E-state index contributed by atoms with van der Waals surface area (Å²) in [6.45, 7) is 0. The molecule has 4 heteroatoms. The van der Waals surface area contributed by atoms with Crippen molar-refractivity contribution in [2.75, 3.05) is 0 Å². The van der Waals surface area contributed by atoms with E-state index in [4.69, 9.17) is 4.74 Å². The third-order valence-corrected chi connectivity index (χ3v) is 18.5. The number of ether oxygens (including phenoxy) is 1. The first-order valence-corrected chi connectivity index (χ1v) is 23.2. The van der Waals surface area contributed by atoms with Crippen molar-refractivity contribution in [3.63, 3.8) is 0 Å². The van der Waals surface area contributed by atoms with Crippen LogP contribution in [0.4, 0.5) is 0 Å². The Kier molecular flexibility index (Phi) is 9.94. The van der Waals surface area contributed by atoms with Gasteiger partial charge in [0.2, 0.25) is 0 Å². The highest BCUT2D eigenvalue weighted by molar-refractivity contribution is 5.08. The molecule has 10 aliphatic rings. The number of hydrogen-bond donors (Lipinski definition) is 3. The lowest BCUT2D eigenvalue weighted by molar-refractivity contribution is -0.103. The molecular formula is C45H75N3O. The average Bonchev–Trinajstić information content (AvgIpc) is 3.56. The molecule has 0 aromatic rings. The number of fused-ring (bicyclic) bond motifs is 7. The molecule has 0 spiro atoms. The molecule has 49 heavy (non-hydrogen) atoms. The lowest BCUT2D eigenvalue weighted by Gasteiger charge is -2.52. The van der Waals surface area contributed by atoms with Crippen molar-refractivity contribution in [1.29, 1.82) is 0 Å². The summed E-state index contributed by atoms with van der Waals surface area (Å²) in [5.74, 6) is 11.9. The largest absolute Gasteiger partial charge is 0.374 e.